The van der Waals surface area contributed by atoms with Gasteiger partial charge in [0.15, 0.2) is 0 Å². The van der Waals surface area contributed by atoms with Gasteiger partial charge in [-0.3, -0.25) is 0 Å². The van der Waals surface area contributed by atoms with Crippen molar-refractivity contribution in [3.8, 4) is 0 Å². The molecule has 0 heterocycles. The zero-order valence-electron chi connectivity index (χ0n) is 7.30. The smallest absolute Gasteiger partial charge is 0.0318 e. The zero-order valence-corrected chi connectivity index (χ0v) is 7.30. The lowest BCUT2D eigenvalue weighted by Gasteiger charge is -2.16. The monoisotopic (exact) mass is 145 g/mol. The van der Waals surface area contributed by atoms with Crippen molar-refractivity contribution in [2.75, 3.05) is 7.05 Å². The van der Waals surface area contributed by atoms with Crippen molar-refractivity contribution in [3.63, 3.8) is 0 Å². The number of hydrogen-bond acceptors (Lipinski definition) is 2. The summed E-state index contributed by atoms with van der Waals surface area (Å²) in [5, 5.41) is 10.2. The van der Waals surface area contributed by atoms with Gasteiger partial charge in [-0.25, -0.2) is 0 Å². The summed E-state index contributed by atoms with van der Waals surface area (Å²) in [4.78, 5) is 0. The normalized spacial score (nSPS) is 14.1. The molecule has 0 amide bonds. The molecule has 1 N–H and O–H groups in total. The molecule has 0 aliphatic heterocycles. The van der Waals surface area contributed by atoms with Gasteiger partial charge in [0, 0.05) is 13.1 Å². The van der Waals surface area contributed by atoms with Crippen LogP contribution in [0.1, 0.15) is 39.5 Å². The largest absolute Gasteiger partial charge is 0.314 e. The van der Waals surface area contributed by atoms with Gasteiger partial charge in [-0.15, -0.1) is 0 Å². The maximum absolute atomic E-state index is 8.95. The lowest BCUT2D eigenvalue weighted by molar-refractivity contribution is -0.0990. The number of hydroxylamine groups is 2. The second-order valence-corrected chi connectivity index (χ2v) is 2.92. The maximum Gasteiger partial charge on any atom is 0.0318 e. The highest BCUT2D eigenvalue weighted by atomic mass is 16.5. The van der Waals surface area contributed by atoms with Crippen molar-refractivity contribution in [2.24, 2.45) is 0 Å². The topological polar surface area (TPSA) is 23.5 Å². The van der Waals surface area contributed by atoms with E-state index in [0.717, 1.165) is 6.42 Å². The summed E-state index contributed by atoms with van der Waals surface area (Å²) in [7, 11) is 1.70. The molecule has 0 aromatic carbocycles. The van der Waals surface area contributed by atoms with Crippen molar-refractivity contribution < 1.29 is 5.21 Å². The number of hydrogen-bond donors (Lipinski definition) is 1. The van der Waals surface area contributed by atoms with E-state index in [4.69, 9.17) is 5.21 Å². The Kier molecular flexibility index (Phi) is 5.64. The quantitative estimate of drug-likeness (QED) is 0.474. The molecule has 2 heteroatoms. The van der Waals surface area contributed by atoms with Gasteiger partial charge in [-0.05, 0) is 13.3 Å². The van der Waals surface area contributed by atoms with Crippen LogP contribution < -0.4 is 0 Å². The second kappa shape index (κ2) is 5.69. The SMILES string of the molecule is CCCCCC(C)N(C)O. The van der Waals surface area contributed by atoms with Crippen LogP contribution in [0.25, 0.3) is 0 Å². The van der Waals surface area contributed by atoms with E-state index < -0.39 is 0 Å². The first-order valence-corrected chi connectivity index (χ1v) is 4.10. The Morgan fingerprint density at radius 1 is 1.40 bits per heavy atom. The predicted octanol–water partition coefficient (Wildman–Crippen LogP) is 2.28. The summed E-state index contributed by atoms with van der Waals surface area (Å²) in [6.45, 7) is 4.23. The number of nitrogens with zero attached hydrogens (tertiary/aromatic N) is 1. The van der Waals surface area contributed by atoms with E-state index in [0.29, 0.717) is 6.04 Å². The third-order valence-electron chi connectivity index (χ3n) is 1.86. The van der Waals surface area contributed by atoms with Gasteiger partial charge in [0.1, 0.15) is 0 Å². The van der Waals surface area contributed by atoms with E-state index in [1.807, 2.05) is 6.92 Å². The Hall–Kier alpha value is -0.0800. The molecule has 0 aromatic rings. The highest BCUT2D eigenvalue weighted by Crippen LogP contribution is 2.05. The highest BCUT2D eigenvalue weighted by molar-refractivity contribution is 4.54. The van der Waals surface area contributed by atoms with E-state index in [1.54, 1.807) is 7.05 Å². The summed E-state index contributed by atoms with van der Waals surface area (Å²) in [5.74, 6) is 0. The second-order valence-electron chi connectivity index (χ2n) is 2.92. The maximum atomic E-state index is 8.95. The zero-order chi connectivity index (χ0) is 7.98. The first-order chi connectivity index (χ1) is 4.68. The molecule has 0 bridgehead atoms. The fourth-order valence-electron chi connectivity index (χ4n) is 0.877. The van der Waals surface area contributed by atoms with Crippen molar-refractivity contribution in [1.82, 2.24) is 5.06 Å². The number of unbranched alkanes of at least 4 members (excludes halogenated alkanes) is 2. The van der Waals surface area contributed by atoms with Crippen LogP contribution in [0.4, 0.5) is 0 Å². The van der Waals surface area contributed by atoms with Gasteiger partial charge in [0.05, 0.1) is 0 Å². The predicted molar refractivity (Wildman–Crippen MR) is 43.2 cm³/mol. The lowest BCUT2D eigenvalue weighted by Crippen LogP contribution is -2.24. The van der Waals surface area contributed by atoms with Gasteiger partial charge in [-0.2, -0.15) is 5.06 Å². The molecule has 0 aliphatic carbocycles. The van der Waals surface area contributed by atoms with Gasteiger partial charge >= 0.3 is 0 Å². The molecule has 1 unspecified atom stereocenters. The molecule has 0 aromatic heterocycles. The van der Waals surface area contributed by atoms with Crippen LogP contribution in [-0.4, -0.2) is 23.4 Å². The average molecular weight is 145 g/mol. The fraction of sp³-hybridized carbons (Fsp3) is 1.00. The fourth-order valence-corrected chi connectivity index (χ4v) is 0.877. The summed E-state index contributed by atoms with van der Waals surface area (Å²) in [5.41, 5.74) is 0. The van der Waals surface area contributed by atoms with E-state index in [9.17, 15) is 0 Å². The lowest BCUT2D eigenvalue weighted by atomic mass is 10.1. The average Bonchev–Trinajstić information content (AvgIpc) is 1.88. The molecular weight excluding hydrogens is 126 g/mol. The van der Waals surface area contributed by atoms with E-state index in [2.05, 4.69) is 6.92 Å². The summed E-state index contributed by atoms with van der Waals surface area (Å²) in [6, 6.07) is 0.312. The molecule has 1 atom stereocenters. The number of rotatable bonds is 5. The van der Waals surface area contributed by atoms with Crippen molar-refractivity contribution in [1.29, 1.82) is 0 Å². The Balaban J connectivity index is 3.13. The van der Waals surface area contributed by atoms with Crippen LogP contribution in [0, 0.1) is 0 Å². The molecule has 0 aliphatic rings. The standard InChI is InChI=1S/C8H19NO/c1-4-5-6-7-8(2)9(3)10/h8,10H,4-7H2,1-3H3. The van der Waals surface area contributed by atoms with Crippen LogP contribution in [-0.2, 0) is 0 Å². The molecule has 0 saturated carbocycles. The van der Waals surface area contributed by atoms with Gasteiger partial charge in [0.25, 0.3) is 0 Å². The molecule has 0 fully saturated rings. The van der Waals surface area contributed by atoms with E-state index in [1.165, 1.54) is 24.3 Å². The molecule has 62 valence electrons. The third-order valence-corrected chi connectivity index (χ3v) is 1.86. The molecule has 0 radical (unpaired) electrons. The minimum atomic E-state index is 0.312. The van der Waals surface area contributed by atoms with Crippen molar-refractivity contribution in [3.05, 3.63) is 0 Å². The molecule has 2 nitrogen and oxygen atoms in total. The van der Waals surface area contributed by atoms with Crippen LogP contribution in [0.2, 0.25) is 0 Å². The van der Waals surface area contributed by atoms with Crippen LogP contribution >= 0.6 is 0 Å². The first kappa shape index (κ1) is 9.92. The Morgan fingerprint density at radius 3 is 2.40 bits per heavy atom. The van der Waals surface area contributed by atoms with E-state index in [-0.39, 0.29) is 0 Å². The first-order valence-electron chi connectivity index (χ1n) is 4.10. The molecule has 0 spiro atoms. The van der Waals surface area contributed by atoms with Crippen LogP contribution in [0.15, 0.2) is 0 Å². The van der Waals surface area contributed by atoms with Crippen molar-refractivity contribution >= 4 is 0 Å². The van der Waals surface area contributed by atoms with E-state index >= 15 is 0 Å². The van der Waals surface area contributed by atoms with Gasteiger partial charge < -0.3 is 5.21 Å². The third kappa shape index (κ3) is 4.77. The Bertz CT molecular complexity index is 73.7. The molecule has 0 rings (SSSR count). The van der Waals surface area contributed by atoms with Crippen LogP contribution in [0.5, 0.6) is 0 Å². The molecule has 10 heavy (non-hydrogen) atoms. The van der Waals surface area contributed by atoms with Gasteiger partial charge in [0.2, 0.25) is 0 Å². The summed E-state index contributed by atoms with van der Waals surface area (Å²) >= 11 is 0. The minimum Gasteiger partial charge on any atom is -0.314 e. The minimum absolute atomic E-state index is 0.312. The Morgan fingerprint density at radius 2 is 2.00 bits per heavy atom. The Labute approximate surface area is 63.8 Å². The summed E-state index contributed by atoms with van der Waals surface area (Å²) < 4.78 is 0. The van der Waals surface area contributed by atoms with Crippen molar-refractivity contribution in [2.45, 2.75) is 45.6 Å². The highest BCUT2D eigenvalue weighted by Gasteiger charge is 2.03. The molecule has 0 saturated heterocycles. The summed E-state index contributed by atoms with van der Waals surface area (Å²) in [6.07, 6.45) is 4.85. The van der Waals surface area contributed by atoms with Gasteiger partial charge in [-0.1, -0.05) is 26.2 Å². The molecular formula is C8H19NO. The van der Waals surface area contributed by atoms with Crippen LogP contribution in [0.3, 0.4) is 0 Å².